The highest BCUT2D eigenvalue weighted by molar-refractivity contribution is 7.80. The van der Waals surface area contributed by atoms with Gasteiger partial charge in [-0.2, -0.15) is 0 Å². The fourth-order valence-electron chi connectivity index (χ4n) is 2.88. The lowest BCUT2D eigenvalue weighted by Crippen LogP contribution is -2.29. The van der Waals surface area contributed by atoms with E-state index in [0.29, 0.717) is 12.4 Å². The van der Waals surface area contributed by atoms with Crippen LogP contribution in [0.25, 0.3) is 0 Å². The number of likely N-dealkylation sites (N-methyl/N-ethyl adjacent to an activating group) is 1. The molecule has 6 heteroatoms. The predicted octanol–water partition coefficient (Wildman–Crippen LogP) is 5.68. The van der Waals surface area contributed by atoms with Crippen molar-refractivity contribution in [2.24, 2.45) is 0 Å². The second-order valence-electron chi connectivity index (χ2n) is 7.19. The maximum absolute atomic E-state index is 13.0. The van der Waals surface area contributed by atoms with E-state index in [0.717, 1.165) is 37.4 Å². The van der Waals surface area contributed by atoms with Crippen LogP contribution in [0.5, 0.6) is 11.5 Å². The van der Waals surface area contributed by atoms with E-state index < -0.39 is 0 Å². The molecular weight excluding hydrogens is 399 g/mol. The highest BCUT2D eigenvalue weighted by atomic mass is 32.1. The molecule has 0 fully saturated rings. The number of benzene rings is 2. The largest absolute Gasteiger partial charge is 0.494 e. The average Bonchev–Trinajstić information content (AvgIpc) is 2.74. The molecule has 2 aromatic carbocycles. The number of ether oxygens (including phenoxy) is 2. The summed E-state index contributed by atoms with van der Waals surface area (Å²) < 4.78 is 24.4. The molecule has 0 unspecified atom stereocenters. The van der Waals surface area contributed by atoms with Gasteiger partial charge in [-0.05, 0) is 87.2 Å². The van der Waals surface area contributed by atoms with Crippen molar-refractivity contribution in [3.05, 3.63) is 67.0 Å². The fourth-order valence-corrected chi connectivity index (χ4v) is 3.08. The fraction of sp³-hybridized carbons (Fsp3) is 0.375. The summed E-state index contributed by atoms with van der Waals surface area (Å²) in [5.74, 6) is 1.03. The van der Waals surface area contributed by atoms with Gasteiger partial charge in [0, 0.05) is 19.3 Å². The Kier molecular flexibility index (Phi) is 10.3. The van der Waals surface area contributed by atoms with E-state index in [1.165, 1.54) is 25.0 Å². The number of rotatable bonds is 12. The third kappa shape index (κ3) is 8.51. The molecule has 0 saturated heterocycles. The average molecular weight is 431 g/mol. The first-order chi connectivity index (χ1) is 14.5. The minimum atomic E-state index is -0.312. The topological polar surface area (TPSA) is 24.9 Å². The first-order valence-corrected chi connectivity index (χ1v) is 10.6. The van der Waals surface area contributed by atoms with Crippen LogP contribution in [0.1, 0.15) is 25.7 Å². The zero-order valence-corrected chi connectivity index (χ0v) is 18.7. The summed E-state index contributed by atoms with van der Waals surface area (Å²) in [4.78, 5) is 4.03. The molecule has 0 heterocycles. The number of hydrogen-bond acceptors (Lipinski definition) is 4. The molecule has 0 amide bonds. The SMILES string of the molecule is C=CCN(C)CCCCCCOc1ccc(N(C)C(=S)Oc2ccc(F)cc2)cc1. The molecule has 0 aliphatic rings. The van der Waals surface area contributed by atoms with Crippen molar-refractivity contribution >= 4 is 23.1 Å². The Morgan fingerprint density at radius 1 is 0.967 bits per heavy atom. The van der Waals surface area contributed by atoms with Crippen molar-refractivity contribution in [1.29, 1.82) is 0 Å². The molecule has 30 heavy (non-hydrogen) atoms. The summed E-state index contributed by atoms with van der Waals surface area (Å²) in [7, 11) is 3.95. The van der Waals surface area contributed by atoms with Crippen molar-refractivity contribution in [1.82, 2.24) is 4.90 Å². The maximum atomic E-state index is 13.0. The van der Waals surface area contributed by atoms with Gasteiger partial charge in [0.25, 0.3) is 5.17 Å². The number of halogens is 1. The van der Waals surface area contributed by atoms with Gasteiger partial charge in [0.1, 0.15) is 17.3 Å². The molecule has 0 radical (unpaired) electrons. The summed E-state index contributed by atoms with van der Waals surface area (Å²) in [6, 6.07) is 13.5. The molecule has 0 bridgehead atoms. The Labute approximate surface area is 184 Å². The summed E-state index contributed by atoms with van der Waals surface area (Å²) in [5, 5.41) is 0.286. The molecule has 0 aliphatic carbocycles. The second kappa shape index (κ2) is 13.0. The molecular formula is C24H31FN2O2S. The van der Waals surface area contributed by atoms with Crippen molar-refractivity contribution in [3.63, 3.8) is 0 Å². The summed E-state index contributed by atoms with van der Waals surface area (Å²) in [6.07, 6.45) is 6.55. The van der Waals surface area contributed by atoms with E-state index in [1.54, 1.807) is 17.0 Å². The van der Waals surface area contributed by atoms with Gasteiger partial charge < -0.3 is 19.3 Å². The quantitative estimate of drug-likeness (QED) is 0.245. The monoisotopic (exact) mass is 430 g/mol. The number of thiocarbonyl (C=S) groups is 1. The number of anilines is 1. The van der Waals surface area contributed by atoms with E-state index in [-0.39, 0.29) is 11.0 Å². The Balaban J connectivity index is 1.68. The molecule has 2 rings (SSSR count). The molecule has 0 aliphatic heterocycles. The molecule has 0 atom stereocenters. The predicted molar refractivity (Wildman–Crippen MR) is 126 cm³/mol. The van der Waals surface area contributed by atoms with Crippen molar-refractivity contribution < 1.29 is 13.9 Å². The Morgan fingerprint density at radius 2 is 1.60 bits per heavy atom. The van der Waals surface area contributed by atoms with Crippen LogP contribution in [0, 0.1) is 5.82 Å². The van der Waals surface area contributed by atoms with Crippen LogP contribution in [-0.2, 0) is 0 Å². The van der Waals surface area contributed by atoms with Crippen LogP contribution in [0.15, 0.2) is 61.2 Å². The molecule has 2 aromatic rings. The third-order valence-electron chi connectivity index (χ3n) is 4.66. The standard InChI is InChI=1S/C24H31FN2O2S/c1-4-17-26(2)18-7-5-6-8-19-28-22-15-11-21(12-16-22)27(3)24(30)29-23-13-9-20(25)10-14-23/h4,9-16H,1,5-8,17-19H2,2-3H3. The Bertz CT molecular complexity index is 781. The minimum absolute atomic E-state index is 0.286. The molecule has 0 aromatic heterocycles. The van der Waals surface area contributed by atoms with Crippen LogP contribution in [0.2, 0.25) is 0 Å². The normalized spacial score (nSPS) is 10.7. The molecule has 0 N–H and O–H groups in total. The second-order valence-corrected chi connectivity index (χ2v) is 7.54. The summed E-state index contributed by atoms with van der Waals surface area (Å²) in [6.45, 7) is 6.52. The van der Waals surface area contributed by atoms with Crippen LogP contribution >= 0.6 is 12.2 Å². The highest BCUT2D eigenvalue weighted by Crippen LogP contribution is 2.21. The highest BCUT2D eigenvalue weighted by Gasteiger charge is 2.10. The van der Waals surface area contributed by atoms with Crippen LogP contribution in [0.4, 0.5) is 10.1 Å². The summed E-state index contributed by atoms with van der Waals surface area (Å²) in [5.41, 5.74) is 0.887. The van der Waals surface area contributed by atoms with Gasteiger partial charge in [-0.3, -0.25) is 0 Å². The lowest BCUT2D eigenvalue weighted by molar-refractivity contribution is 0.300. The zero-order chi connectivity index (χ0) is 21.8. The van der Waals surface area contributed by atoms with Crippen LogP contribution < -0.4 is 14.4 Å². The zero-order valence-electron chi connectivity index (χ0n) is 17.9. The lowest BCUT2D eigenvalue weighted by Gasteiger charge is -2.20. The van der Waals surface area contributed by atoms with Crippen LogP contribution in [-0.4, -0.2) is 43.9 Å². The van der Waals surface area contributed by atoms with Gasteiger partial charge in [-0.15, -0.1) is 6.58 Å². The number of unbranched alkanes of at least 4 members (excludes halogenated alkanes) is 3. The molecule has 162 valence electrons. The van der Waals surface area contributed by atoms with Gasteiger partial charge in [0.05, 0.1) is 6.61 Å². The molecule has 4 nitrogen and oxygen atoms in total. The van der Waals surface area contributed by atoms with Crippen molar-refractivity contribution in [3.8, 4) is 11.5 Å². The lowest BCUT2D eigenvalue weighted by atomic mass is 10.2. The summed E-state index contributed by atoms with van der Waals surface area (Å²) >= 11 is 5.33. The van der Waals surface area contributed by atoms with E-state index in [9.17, 15) is 4.39 Å². The minimum Gasteiger partial charge on any atom is -0.494 e. The van der Waals surface area contributed by atoms with Gasteiger partial charge in [-0.1, -0.05) is 18.9 Å². The Morgan fingerprint density at radius 3 is 2.27 bits per heavy atom. The first kappa shape index (κ1) is 23.8. The van der Waals surface area contributed by atoms with Gasteiger partial charge >= 0.3 is 0 Å². The van der Waals surface area contributed by atoms with E-state index in [2.05, 4.69) is 18.5 Å². The van der Waals surface area contributed by atoms with Crippen molar-refractivity contribution in [2.75, 3.05) is 38.7 Å². The first-order valence-electron chi connectivity index (χ1n) is 10.2. The maximum Gasteiger partial charge on any atom is 0.269 e. The van der Waals surface area contributed by atoms with Crippen molar-refractivity contribution in [2.45, 2.75) is 25.7 Å². The number of nitrogens with zero attached hydrogens (tertiary/aromatic N) is 2. The molecule has 0 saturated carbocycles. The Hall–Kier alpha value is -2.44. The third-order valence-corrected chi connectivity index (χ3v) is 5.02. The van der Waals surface area contributed by atoms with E-state index in [4.69, 9.17) is 21.7 Å². The molecule has 0 spiro atoms. The van der Waals surface area contributed by atoms with E-state index in [1.807, 2.05) is 37.4 Å². The van der Waals surface area contributed by atoms with E-state index >= 15 is 0 Å². The smallest absolute Gasteiger partial charge is 0.269 e. The van der Waals surface area contributed by atoms with Gasteiger partial charge in [-0.25, -0.2) is 4.39 Å². The van der Waals surface area contributed by atoms with Gasteiger partial charge in [0.2, 0.25) is 0 Å². The van der Waals surface area contributed by atoms with Gasteiger partial charge in [0.15, 0.2) is 0 Å². The number of hydrogen-bond donors (Lipinski definition) is 0. The van der Waals surface area contributed by atoms with Crippen LogP contribution in [0.3, 0.4) is 0 Å².